The molecule has 1 fully saturated rings. The van der Waals surface area contributed by atoms with Crippen molar-refractivity contribution in [1.29, 1.82) is 0 Å². The van der Waals surface area contributed by atoms with E-state index in [0.29, 0.717) is 12.6 Å². The number of hydrogen-bond donors (Lipinski definition) is 2. The molecule has 4 heteroatoms. The molecule has 0 amide bonds. The average molecular weight is 319 g/mol. The van der Waals surface area contributed by atoms with Crippen LogP contribution in [0, 0.1) is 0 Å². The molecule has 0 aromatic heterocycles. The number of fused-ring (bicyclic) bond motifs is 1. The zero-order valence-electron chi connectivity index (χ0n) is 14.5. The molecular weight excluding hydrogens is 290 g/mol. The Balaban J connectivity index is 1.72. The van der Waals surface area contributed by atoms with Crippen molar-refractivity contribution in [3.63, 3.8) is 0 Å². The highest BCUT2D eigenvalue weighted by Gasteiger charge is 2.36. The smallest absolute Gasteiger partial charge is 0.119 e. The first kappa shape index (κ1) is 16.7. The van der Waals surface area contributed by atoms with Gasteiger partial charge < -0.3 is 19.9 Å². The Hall–Kier alpha value is -1.10. The lowest BCUT2D eigenvalue weighted by atomic mass is 9.78. The largest absolute Gasteiger partial charge is 0.497 e. The van der Waals surface area contributed by atoms with Crippen molar-refractivity contribution in [2.75, 3.05) is 13.7 Å². The lowest BCUT2D eigenvalue weighted by molar-refractivity contribution is -0.0487. The van der Waals surface area contributed by atoms with Crippen LogP contribution in [0.4, 0.5) is 0 Å². The van der Waals surface area contributed by atoms with E-state index in [0.717, 1.165) is 43.4 Å². The number of hydrogen-bond acceptors (Lipinski definition) is 4. The van der Waals surface area contributed by atoms with Crippen molar-refractivity contribution in [1.82, 2.24) is 5.32 Å². The topological polar surface area (TPSA) is 50.7 Å². The molecule has 1 aliphatic carbocycles. The monoisotopic (exact) mass is 319 g/mol. The minimum Gasteiger partial charge on any atom is -0.497 e. The Kier molecular flexibility index (Phi) is 4.95. The van der Waals surface area contributed by atoms with Crippen molar-refractivity contribution in [2.24, 2.45) is 0 Å². The number of benzene rings is 1. The fraction of sp³-hybridized carbons (Fsp3) is 0.684. The highest BCUT2D eigenvalue weighted by Crippen LogP contribution is 2.37. The molecule has 0 unspecified atom stereocenters. The summed E-state index contributed by atoms with van der Waals surface area (Å²) in [6.45, 7) is 4.84. The second-order valence-corrected chi connectivity index (χ2v) is 7.21. The Bertz CT molecular complexity index is 537. The van der Waals surface area contributed by atoms with Gasteiger partial charge in [-0.1, -0.05) is 6.07 Å². The molecular formula is C19H29NO3. The number of rotatable bonds is 4. The molecule has 4 nitrogen and oxygen atoms in total. The molecule has 23 heavy (non-hydrogen) atoms. The molecule has 0 bridgehead atoms. The molecule has 0 saturated carbocycles. The van der Waals surface area contributed by atoms with E-state index in [4.69, 9.17) is 9.47 Å². The zero-order valence-corrected chi connectivity index (χ0v) is 14.5. The summed E-state index contributed by atoms with van der Waals surface area (Å²) < 4.78 is 11.1. The molecule has 128 valence electrons. The van der Waals surface area contributed by atoms with E-state index >= 15 is 0 Å². The molecule has 0 spiro atoms. The fourth-order valence-electron chi connectivity index (χ4n) is 4.11. The van der Waals surface area contributed by atoms with Gasteiger partial charge in [-0.25, -0.2) is 0 Å². The van der Waals surface area contributed by atoms with Crippen molar-refractivity contribution in [2.45, 2.75) is 69.8 Å². The molecule has 1 heterocycles. The number of nitrogens with one attached hydrogen (secondary N) is 1. The third kappa shape index (κ3) is 3.70. The fourth-order valence-corrected chi connectivity index (χ4v) is 4.11. The maximum Gasteiger partial charge on any atom is 0.119 e. The van der Waals surface area contributed by atoms with E-state index in [1.165, 1.54) is 5.56 Å². The van der Waals surface area contributed by atoms with E-state index in [1.54, 1.807) is 7.11 Å². The van der Waals surface area contributed by atoms with Gasteiger partial charge in [0.15, 0.2) is 0 Å². The van der Waals surface area contributed by atoms with Gasteiger partial charge in [0, 0.05) is 12.6 Å². The van der Waals surface area contributed by atoms with Crippen LogP contribution in [0.3, 0.4) is 0 Å². The van der Waals surface area contributed by atoms with E-state index in [1.807, 2.05) is 12.1 Å². The van der Waals surface area contributed by atoms with Gasteiger partial charge >= 0.3 is 0 Å². The van der Waals surface area contributed by atoms with Crippen LogP contribution in [-0.2, 0) is 16.8 Å². The number of methoxy groups -OCH3 is 1. The van der Waals surface area contributed by atoms with Gasteiger partial charge in [-0.05, 0) is 69.2 Å². The van der Waals surface area contributed by atoms with Gasteiger partial charge in [0.05, 0.1) is 19.3 Å². The predicted molar refractivity (Wildman–Crippen MR) is 90.9 cm³/mol. The first-order valence-corrected chi connectivity index (χ1v) is 8.79. The maximum atomic E-state index is 11.3. The Morgan fingerprint density at radius 2 is 2.04 bits per heavy atom. The van der Waals surface area contributed by atoms with Crippen LogP contribution in [0.15, 0.2) is 18.2 Å². The molecule has 1 aliphatic heterocycles. The quantitative estimate of drug-likeness (QED) is 0.896. The Morgan fingerprint density at radius 3 is 2.74 bits per heavy atom. The summed E-state index contributed by atoms with van der Waals surface area (Å²) in [4.78, 5) is 0. The normalized spacial score (nSPS) is 34.0. The summed E-state index contributed by atoms with van der Waals surface area (Å²) >= 11 is 0. The first-order valence-electron chi connectivity index (χ1n) is 8.79. The van der Waals surface area contributed by atoms with Crippen LogP contribution >= 0.6 is 0 Å². The van der Waals surface area contributed by atoms with Gasteiger partial charge in [0.1, 0.15) is 11.4 Å². The zero-order chi connectivity index (χ0) is 16.4. The third-order valence-corrected chi connectivity index (χ3v) is 5.24. The van der Waals surface area contributed by atoms with Gasteiger partial charge in [-0.3, -0.25) is 0 Å². The van der Waals surface area contributed by atoms with Gasteiger partial charge in [0.25, 0.3) is 0 Å². The van der Waals surface area contributed by atoms with Crippen LogP contribution < -0.4 is 10.1 Å². The summed E-state index contributed by atoms with van der Waals surface area (Å²) in [5, 5.41) is 14.9. The van der Waals surface area contributed by atoms with Gasteiger partial charge in [-0.15, -0.1) is 0 Å². The molecule has 3 atom stereocenters. The van der Waals surface area contributed by atoms with Crippen LogP contribution in [0.1, 0.15) is 50.7 Å². The van der Waals surface area contributed by atoms with Crippen LogP contribution in [0.5, 0.6) is 5.75 Å². The standard InChI is InChI=1S/C19H29NO3/c1-13-9-16(10-14(2)23-13)20-12-19(21)8-4-5-15-6-7-17(22-3)11-18(15)19/h6-7,11,13-14,16,20-21H,4-5,8-10,12H2,1-3H3/t13-,14-,19+/m0/s1. The van der Waals surface area contributed by atoms with Gasteiger partial charge in [-0.2, -0.15) is 0 Å². The van der Waals surface area contributed by atoms with E-state index < -0.39 is 5.60 Å². The molecule has 1 aromatic rings. The van der Waals surface area contributed by atoms with Crippen LogP contribution in [0.25, 0.3) is 0 Å². The SMILES string of the molecule is COc1ccc2c(c1)[C@](O)(CNC1C[C@H](C)O[C@@H](C)C1)CCC2. The number of ether oxygens (including phenoxy) is 2. The molecule has 1 aromatic carbocycles. The van der Waals surface area contributed by atoms with Crippen molar-refractivity contribution in [3.8, 4) is 5.75 Å². The molecule has 3 rings (SSSR count). The Morgan fingerprint density at radius 1 is 1.30 bits per heavy atom. The second-order valence-electron chi connectivity index (χ2n) is 7.21. The van der Waals surface area contributed by atoms with Crippen molar-refractivity contribution >= 4 is 0 Å². The average Bonchev–Trinajstić information content (AvgIpc) is 2.52. The Labute approximate surface area is 139 Å². The summed E-state index contributed by atoms with van der Waals surface area (Å²) in [6, 6.07) is 6.50. The maximum absolute atomic E-state index is 11.3. The highest BCUT2D eigenvalue weighted by molar-refractivity contribution is 5.41. The second kappa shape index (κ2) is 6.80. The molecule has 0 radical (unpaired) electrons. The number of aryl methyl sites for hydroxylation is 1. The van der Waals surface area contributed by atoms with E-state index in [2.05, 4.69) is 25.2 Å². The molecule has 2 aliphatic rings. The lowest BCUT2D eigenvalue weighted by Crippen LogP contribution is -2.48. The summed E-state index contributed by atoms with van der Waals surface area (Å²) in [7, 11) is 1.67. The first-order chi connectivity index (χ1) is 11.0. The van der Waals surface area contributed by atoms with E-state index in [9.17, 15) is 5.11 Å². The lowest BCUT2D eigenvalue weighted by Gasteiger charge is -2.38. The minimum absolute atomic E-state index is 0.282. The molecule has 2 N–H and O–H groups in total. The van der Waals surface area contributed by atoms with Gasteiger partial charge in [0.2, 0.25) is 0 Å². The minimum atomic E-state index is -0.799. The van der Waals surface area contributed by atoms with Crippen LogP contribution in [0.2, 0.25) is 0 Å². The molecule has 1 saturated heterocycles. The summed E-state index contributed by atoms with van der Waals surface area (Å²) in [5.41, 5.74) is 1.48. The summed E-state index contributed by atoms with van der Waals surface area (Å²) in [6.07, 6.45) is 5.44. The summed E-state index contributed by atoms with van der Waals surface area (Å²) in [5.74, 6) is 0.817. The predicted octanol–water partition coefficient (Wildman–Crippen LogP) is 2.76. The van der Waals surface area contributed by atoms with Crippen molar-refractivity contribution < 1.29 is 14.6 Å². The van der Waals surface area contributed by atoms with Crippen molar-refractivity contribution in [3.05, 3.63) is 29.3 Å². The van der Waals surface area contributed by atoms with Crippen LogP contribution in [-0.4, -0.2) is 37.0 Å². The third-order valence-electron chi connectivity index (χ3n) is 5.24. The number of aliphatic hydroxyl groups is 1. The highest BCUT2D eigenvalue weighted by atomic mass is 16.5. The van der Waals surface area contributed by atoms with E-state index in [-0.39, 0.29) is 12.2 Å².